The first-order valence-corrected chi connectivity index (χ1v) is 7.26. The molecule has 1 heterocycles. The number of para-hydroxylation sites is 1. The van der Waals surface area contributed by atoms with E-state index < -0.39 is 0 Å². The molecule has 2 heteroatoms. The van der Waals surface area contributed by atoms with Gasteiger partial charge in [0, 0.05) is 17.6 Å². The Morgan fingerprint density at radius 1 is 0.810 bits per heavy atom. The SMILES string of the molecule is Cc1cccc(C)c1NC(c1ccccc1)c1ccc[nH]1. The molecule has 0 aliphatic heterocycles. The van der Waals surface area contributed by atoms with Crippen molar-refractivity contribution in [3.8, 4) is 0 Å². The van der Waals surface area contributed by atoms with Crippen molar-refractivity contribution in [2.45, 2.75) is 19.9 Å². The lowest BCUT2D eigenvalue weighted by Crippen LogP contribution is -2.14. The molecule has 2 aromatic carbocycles. The zero-order chi connectivity index (χ0) is 14.7. The molecule has 0 spiro atoms. The summed E-state index contributed by atoms with van der Waals surface area (Å²) in [6.07, 6.45) is 1.97. The van der Waals surface area contributed by atoms with Gasteiger partial charge in [0.15, 0.2) is 0 Å². The third kappa shape index (κ3) is 2.84. The maximum absolute atomic E-state index is 3.70. The lowest BCUT2D eigenvalue weighted by atomic mass is 10.0. The third-order valence-corrected chi connectivity index (χ3v) is 3.84. The zero-order valence-corrected chi connectivity index (χ0v) is 12.4. The molecule has 3 aromatic rings. The molecule has 1 unspecified atom stereocenters. The van der Waals surface area contributed by atoms with Crippen molar-refractivity contribution in [3.05, 3.63) is 89.2 Å². The Kier molecular flexibility index (Phi) is 3.78. The van der Waals surface area contributed by atoms with E-state index in [1.165, 1.54) is 28.1 Å². The highest BCUT2D eigenvalue weighted by Crippen LogP contribution is 2.29. The smallest absolute Gasteiger partial charge is 0.0917 e. The molecule has 0 fully saturated rings. The minimum atomic E-state index is 0.126. The van der Waals surface area contributed by atoms with E-state index in [1.54, 1.807) is 0 Å². The van der Waals surface area contributed by atoms with E-state index in [0.717, 1.165) is 0 Å². The predicted molar refractivity (Wildman–Crippen MR) is 88.6 cm³/mol. The number of benzene rings is 2. The van der Waals surface area contributed by atoms with Gasteiger partial charge < -0.3 is 10.3 Å². The van der Waals surface area contributed by atoms with E-state index in [-0.39, 0.29) is 6.04 Å². The van der Waals surface area contributed by atoms with Crippen LogP contribution in [-0.2, 0) is 0 Å². The number of rotatable bonds is 4. The number of hydrogen-bond acceptors (Lipinski definition) is 1. The van der Waals surface area contributed by atoms with Gasteiger partial charge in [-0.2, -0.15) is 0 Å². The van der Waals surface area contributed by atoms with Crippen LogP contribution in [0.15, 0.2) is 66.9 Å². The van der Waals surface area contributed by atoms with E-state index in [1.807, 2.05) is 18.3 Å². The molecule has 2 N–H and O–H groups in total. The Morgan fingerprint density at radius 2 is 1.52 bits per heavy atom. The highest BCUT2D eigenvalue weighted by Gasteiger charge is 2.16. The Balaban J connectivity index is 2.01. The van der Waals surface area contributed by atoms with Crippen molar-refractivity contribution in [2.24, 2.45) is 0 Å². The van der Waals surface area contributed by atoms with Crippen LogP contribution in [-0.4, -0.2) is 4.98 Å². The number of hydrogen-bond donors (Lipinski definition) is 2. The minimum Gasteiger partial charge on any atom is -0.372 e. The maximum Gasteiger partial charge on any atom is 0.0917 e. The van der Waals surface area contributed by atoms with E-state index in [0.29, 0.717) is 0 Å². The molecular formula is C19H20N2. The molecule has 0 radical (unpaired) electrons. The van der Waals surface area contributed by atoms with Crippen LogP contribution in [0.25, 0.3) is 0 Å². The molecule has 106 valence electrons. The first-order valence-electron chi connectivity index (χ1n) is 7.26. The van der Waals surface area contributed by atoms with Crippen molar-refractivity contribution in [1.29, 1.82) is 0 Å². The van der Waals surface area contributed by atoms with Crippen molar-refractivity contribution in [2.75, 3.05) is 5.32 Å². The average Bonchev–Trinajstić information content (AvgIpc) is 3.02. The Morgan fingerprint density at radius 3 is 2.14 bits per heavy atom. The molecule has 1 atom stereocenters. The molecule has 0 aliphatic rings. The van der Waals surface area contributed by atoms with Gasteiger partial charge >= 0.3 is 0 Å². The number of nitrogens with one attached hydrogen (secondary N) is 2. The fourth-order valence-corrected chi connectivity index (χ4v) is 2.70. The molecular weight excluding hydrogens is 256 g/mol. The predicted octanol–water partition coefficient (Wildman–Crippen LogP) is 4.83. The molecule has 21 heavy (non-hydrogen) atoms. The maximum atomic E-state index is 3.70. The van der Waals surface area contributed by atoms with Crippen LogP contribution in [0.4, 0.5) is 5.69 Å². The van der Waals surface area contributed by atoms with E-state index in [4.69, 9.17) is 0 Å². The van der Waals surface area contributed by atoms with E-state index in [2.05, 4.69) is 72.7 Å². The Labute approximate surface area is 125 Å². The summed E-state index contributed by atoms with van der Waals surface area (Å²) in [5, 5.41) is 3.70. The second-order valence-corrected chi connectivity index (χ2v) is 5.38. The molecule has 1 aromatic heterocycles. The summed E-state index contributed by atoms with van der Waals surface area (Å²) in [6.45, 7) is 4.29. The highest BCUT2D eigenvalue weighted by atomic mass is 15.0. The van der Waals surface area contributed by atoms with Gasteiger partial charge in [0.2, 0.25) is 0 Å². The van der Waals surface area contributed by atoms with Gasteiger partial charge in [0.1, 0.15) is 0 Å². The van der Waals surface area contributed by atoms with Crippen LogP contribution in [0.1, 0.15) is 28.4 Å². The van der Waals surface area contributed by atoms with Crippen LogP contribution in [0.5, 0.6) is 0 Å². The van der Waals surface area contributed by atoms with Gasteiger partial charge in [-0.25, -0.2) is 0 Å². The first kappa shape index (κ1) is 13.5. The van der Waals surface area contributed by atoms with Crippen LogP contribution in [0.3, 0.4) is 0 Å². The van der Waals surface area contributed by atoms with Gasteiger partial charge in [0.05, 0.1) is 6.04 Å². The summed E-state index contributed by atoms with van der Waals surface area (Å²) in [4.78, 5) is 3.33. The number of anilines is 1. The summed E-state index contributed by atoms with van der Waals surface area (Å²) in [5.41, 5.74) is 6.16. The van der Waals surface area contributed by atoms with Gasteiger partial charge in [-0.05, 0) is 42.7 Å². The first-order chi connectivity index (χ1) is 10.3. The minimum absolute atomic E-state index is 0.126. The lowest BCUT2D eigenvalue weighted by molar-refractivity contribution is 0.895. The van der Waals surface area contributed by atoms with Crippen molar-refractivity contribution >= 4 is 5.69 Å². The summed E-state index contributed by atoms with van der Waals surface area (Å²) in [6, 6.07) is 21.2. The van der Waals surface area contributed by atoms with Crippen LogP contribution in [0, 0.1) is 13.8 Å². The normalized spacial score (nSPS) is 12.1. The van der Waals surface area contributed by atoms with Gasteiger partial charge in [-0.1, -0.05) is 48.5 Å². The standard InChI is InChI=1S/C19H20N2/c1-14-8-6-9-15(2)18(14)21-19(17-12-7-13-20-17)16-10-4-3-5-11-16/h3-13,19-21H,1-2H3. The summed E-state index contributed by atoms with van der Waals surface area (Å²) in [5.74, 6) is 0. The summed E-state index contributed by atoms with van der Waals surface area (Å²) >= 11 is 0. The number of aryl methyl sites for hydroxylation is 2. The molecule has 0 saturated carbocycles. The molecule has 2 nitrogen and oxygen atoms in total. The highest BCUT2D eigenvalue weighted by molar-refractivity contribution is 5.59. The Hall–Kier alpha value is -2.48. The molecule has 0 amide bonds. The lowest BCUT2D eigenvalue weighted by Gasteiger charge is -2.22. The third-order valence-electron chi connectivity index (χ3n) is 3.84. The zero-order valence-electron chi connectivity index (χ0n) is 12.4. The van der Waals surface area contributed by atoms with Crippen molar-refractivity contribution in [3.63, 3.8) is 0 Å². The topological polar surface area (TPSA) is 27.8 Å². The monoisotopic (exact) mass is 276 g/mol. The molecule has 3 rings (SSSR count). The van der Waals surface area contributed by atoms with Crippen LogP contribution in [0.2, 0.25) is 0 Å². The van der Waals surface area contributed by atoms with Crippen molar-refractivity contribution in [1.82, 2.24) is 4.98 Å². The summed E-state index contributed by atoms with van der Waals surface area (Å²) in [7, 11) is 0. The number of H-pyrrole nitrogens is 1. The molecule has 0 bridgehead atoms. The van der Waals surface area contributed by atoms with Crippen LogP contribution >= 0.6 is 0 Å². The molecule has 0 saturated heterocycles. The van der Waals surface area contributed by atoms with Gasteiger partial charge in [-0.15, -0.1) is 0 Å². The second-order valence-electron chi connectivity index (χ2n) is 5.38. The Bertz CT molecular complexity index is 679. The van der Waals surface area contributed by atoms with Gasteiger partial charge in [-0.3, -0.25) is 0 Å². The van der Waals surface area contributed by atoms with E-state index in [9.17, 15) is 0 Å². The second kappa shape index (κ2) is 5.88. The quantitative estimate of drug-likeness (QED) is 0.701. The van der Waals surface area contributed by atoms with Gasteiger partial charge in [0.25, 0.3) is 0 Å². The fourth-order valence-electron chi connectivity index (χ4n) is 2.70. The summed E-state index contributed by atoms with van der Waals surface area (Å²) < 4.78 is 0. The van der Waals surface area contributed by atoms with Crippen LogP contribution < -0.4 is 5.32 Å². The van der Waals surface area contributed by atoms with Crippen molar-refractivity contribution < 1.29 is 0 Å². The average molecular weight is 276 g/mol. The molecule has 0 aliphatic carbocycles. The van der Waals surface area contributed by atoms with E-state index >= 15 is 0 Å². The number of aromatic amines is 1. The fraction of sp³-hybridized carbons (Fsp3) is 0.158. The largest absolute Gasteiger partial charge is 0.372 e. The number of aromatic nitrogens is 1.